The van der Waals surface area contributed by atoms with Crippen LogP contribution >= 0.6 is 0 Å². The summed E-state index contributed by atoms with van der Waals surface area (Å²) in [6, 6.07) is 8.29. The van der Waals surface area contributed by atoms with Gasteiger partial charge in [-0.2, -0.15) is 5.10 Å². The van der Waals surface area contributed by atoms with Crippen molar-refractivity contribution in [3.63, 3.8) is 0 Å². The van der Waals surface area contributed by atoms with Crippen LogP contribution in [-0.2, 0) is 16.4 Å². The van der Waals surface area contributed by atoms with Crippen LogP contribution in [0.4, 0.5) is 17.3 Å². The van der Waals surface area contributed by atoms with E-state index in [1.54, 1.807) is 23.1 Å². The predicted molar refractivity (Wildman–Crippen MR) is 151 cm³/mol. The van der Waals surface area contributed by atoms with Gasteiger partial charge < -0.3 is 10.2 Å². The number of anilines is 3. The van der Waals surface area contributed by atoms with E-state index in [9.17, 15) is 8.42 Å². The Balaban J connectivity index is 1.44. The number of benzene rings is 1. The molecule has 0 spiro atoms. The summed E-state index contributed by atoms with van der Waals surface area (Å²) in [5.74, 6) is 5.06. The van der Waals surface area contributed by atoms with Crippen LogP contribution in [0.15, 0.2) is 49.1 Å². The molecule has 0 radical (unpaired) electrons. The summed E-state index contributed by atoms with van der Waals surface area (Å²) < 4.78 is 25.3. The molecule has 1 N–H and O–H groups in total. The van der Waals surface area contributed by atoms with Gasteiger partial charge in [-0.25, -0.2) is 23.4 Å². The molecule has 1 aromatic carbocycles. The van der Waals surface area contributed by atoms with Gasteiger partial charge >= 0.3 is 0 Å². The zero-order valence-electron chi connectivity index (χ0n) is 22.0. The van der Waals surface area contributed by atoms with Crippen molar-refractivity contribution in [2.75, 3.05) is 28.8 Å². The third kappa shape index (κ3) is 5.20. The summed E-state index contributed by atoms with van der Waals surface area (Å²) in [6.07, 6.45) is 13.8. The van der Waals surface area contributed by atoms with E-state index in [0.29, 0.717) is 36.5 Å². The van der Waals surface area contributed by atoms with Crippen LogP contribution in [0.2, 0.25) is 0 Å². The lowest BCUT2D eigenvalue weighted by Crippen LogP contribution is -2.57. The lowest BCUT2D eigenvalue weighted by atomic mass is 9.88. The van der Waals surface area contributed by atoms with Gasteiger partial charge in [-0.15, -0.1) is 6.42 Å². The van der Waals surface area contributed by atoms with Gasteiger partial charge in [0.2, 0.25) is 0 Å². The molecule has 1 saturated heterocycles. The molecule has 9 nitrogen and oxygen atoms in total. The molecule has 5 rings (SSSR count). The largest absolute Gasteiger partial charge is 0.368 e. The molecule has 0 bridgehead atoms. The number of aromatic nitrogens is 5. The number of nitrogens with zero attached hydrogens (tertiary/aromatic N) is 6. The Hall–Kier alpha value is -3.97. The third-order valence-corrected chi connectivity index (χ3v) is 8.06. The van der Waals surface area contributed by atoms with Crippen molar-refractivity contribution in [2.45, 2.75) is 39.3 Å². The number of nitrogens with one attached hydrogen (secondary N) is 1. The van der Waals surface area contributed by atoms with Gasteiger partial charge in [-0.1, -0.05) is 25.8 Å². The van der Waals surface area contributed by atoms with Crippen molar-refractivity contribution in [1.29, 1.82) is 0 Å². The number of hydrogen-bond donors (Lipinski definition) is 1. The fourth-order valence-electron chi connectivity index (χ4n) is 5.01. The summed E-state index contributed by atoms with van der Waals surface area (Å²) in [4.78, 5) is 16.0. The summed E-state index contributed by atoms with van der Waals surface area (Å²) in [5.41, 5.74) is 3.08. The highest BCUT2D eigenvalue weighted by atomic mass is 32.2. The normalized spacial score (nSPS) is 17.4. The Kier molecular flexibility index (Phi) is 6.80. The molecule has 4 heterocycles. The predicted octanol–water partition coefficient (Wildman–Crippen LogP) is 4.26. The molecular formula is C28H31N7O2S. The number of rotatable bonds is 8. The molecule has 0 unspecified atom stereocenters. The van der Waals surface area contributed by atoms with Crippen LogP contribution in [0, 0.1) is 18.3 Å². The Labute approximate surface area is 223 Å². The molecule has 10 heteroatoms. The smallest absolute Gasteiger partial charge is 0.164 e. The zero-order valence-corrected chi connectivity index (χ0v) is 22.8. The van der Waals surface area contributed by atoms with Crippen LogP contribution in [0.25, 0.3) is 22.2 Å². The first-order chi connectivity index (χ1) is 18.1. The lowest BCUT2D eigenvalue weighted by Gasteiger charge is -2.48. The van der Waals surface area contributed by atoms with Gasteiger partial charge in [0.25, 0.3) is 0 Å². The van der Waals surface area contributed by atoms with E-state index in [-0.39, 0.29) is 17.7 Å². The van der Waals surface area contributed by atoms with Gasteiger partial charge in [0.1, 0.15) is 28.0 Å². The number of hydrogen-bond acceptors (Lipinski definition) is 8. The number of fused-ring (bicyclic) bond motifs is 1. The maximum absolute atomic E-state index is 11.8. The minimum atomic E-state index is -3.01. The monoisotopic (exact) mass is 529 g/mol. The highest BCUT2D eigenvalue weighted by Crippen LogP contribution is 2.39. The Morgan fingerprint density at radius 2 is 1.97 bits per heavy atom. The molecule has 2 atom stereocenters. The van der Waals surface area contributed by atoms with E-state index in [2.05, 4.69) is 70.2 Å². The van der Waals surface area contributed by atoms with Crippen LogP contribution in [-0.4, -0.2) is 57.7 Å². The van der Waals surface area contributed by atoms with E-state index in [1.807, 2.05) is 12.4 Å². The molecule has 0 saturated carbocycles. The van der Waals surface area contributed by atoms with E-state index >= 15 is 0 Å². The van der Waals surface area contributed by atoms with E-state index in [1.165, 1.54) is 11.8 Å². The molecule has 1 fully saturated rings. The summed E-state index contributed by atoms with van der Waals surface area (Å²) in [7, 11) is -3.01. The highest BCUT2D eigenvalue weighted by Gasteiger charge is 2.38. The lowest BCUT2D eigenvalue weighted by molar-refractivity contribution is 0.342. The maximum atomic E-state index is 11.8. The summed E-state index contributed by atoms with van der Waals surface area (Å²) in [6.45, 7) is 7.54. The second kappa shape index (κ2) is 10.1. The molecular weight excluding hydrogens is 498 g/mol. The van der Waals surface area contributed by atoms with Crippen molar-refractivity contribution in [3.8, 4) is 23.7 Å². The second-order valence-corrected chi connectivity index (χ2v) is 12.4. The number of terminal acetylenes is 1. The first kappa shape index (κ1) is 25.7. The average Bonchev–Trinajstić information content (AvgIpc) is 3.34. The second-order valence-electron chi connectivity index (χ2n) is 10.2. The molecule has 4 aromatic rings. The van der Waals surface area contributed by atoms with E-state index < -0.39 is 9.84 Å². The van der Waals surface area contributed by atoms with Gasteiger partial charge in [0.05, 0.1) is 17.5 Å². The van der Waals surface area contributed by atoms with Crippen LogP contribution < -0.4 is 10.2 Å². The first-order valence-corrected chi connectivity index (χ1v) is 14.6. The standard InChI is InChI=1S/C28H31N7O2S/c1-6-11-34-15-20(13-31-34)28-29-10-9-26(33-28)32-27-12-23-22(18(2)3)7-8-25(24(23)14-30-27)35-16-21(19(35)4)17-38(5,36)37/h1,7-10,12-15,18-19,21H,11,16-17H2,2-5H3,(H,29,30,32,33)/t19-,21-/m1/s1. The highest BCUT2D eigenvalue weighted by molar-refractivity contribution is 7.90. The average molecular weight is 530 g/mol. The molecule has 0 aliphatic carbocycles. The van der Waals surface area contributed by atoms with Gasteiger partial charge in [0.15, 0.2) is 5.82 Å². The Morgan fingerprint density at radius 1 is 1.16 bits per heavy atom. The van der Waals surface area contributed by atoms with Crippen LogP contribution in [0.3, 0.4) is 0 Å². The van der Waals surface area contributed by atoms with Gasteiger partial charge in [-0.05, 0) is 42.0 Å². The molecule has 0 amide bonds. The molecule has 1 aliphatic heterocycles. The van der Waals surface area contributed by atoms with Crippen LogP contribution in [0.1, 0.15) is 32.3 Å². The van der Waals surface area contributed by atoms with Gasteiger partial charge in [0, 0.05) is 54.4 Å². The first-order valence-electron chi connectivity index (χ1n) is 12.6. The summed E-state index contributed by atoms with van der Waals surface area (Å²) >= 11 is 0. The molecule has 38 heavy (non-hydrogen) atoms. The topological polar surface area (TPSA) is 106 Å². The Morgan fingerprint density at radius 3 is 2.68 bits per heavy atom. The zero-order chi connectivity index (χ0) is 27.0. The fourth-order valence-corrected chi connectivity index (χ4v) is 6.17. The van der Waals surface area contributed by atoms with Crippen molar-refractivity contribution in [2.24, 2.45) is 5.92 Å². The minimum Gasteiger partial charge on any atom is -0.368 e. The van der Waals surface area contributed by atoms with Crippen molar-refractivity contribution < 1.29 is 8.42 Å². The molecule has 196 valence electrons. The summed E-state index contributed by atoms with van der Waals surface area (Å²) in [5, 5.41) is 9.73. The molecule has 1 aliphatic rings. The van der Waals surface area contributed by atoms with E-state index in [4.69, 9.17) is 11.4 Å². The quantitative estimate of drug-likeness (QED) is 0.338. The SMILES string of the molecule is C#CCn1cc(-c2nccc(Nc3cc4c(C(C)C)ccc(N5C[C@H](CS(C)(=O)=O)[C@H]5C)c4cn3)n2)cn1. The van der Waals surface area contributed by atoms with E-state index in [0.717, 1.165) is 22.0 Å². The fraction of sp³-hybridized carbons (Fsp3) is 0.357. The van der Waals surface area contributed by atoms with Crippen molar-refractivity contribution >= 4 is 37.9 Å². The van der Waals surface area contributed by atoms with Gasteiger partial charge in [-0.3, -0.25) is 4.68 Å². The van der Waals surface area contributed by atoms with Crippen LogP contribution in [0.5, 0.6) is 0 Å². The Bertz CT molecular complexity index is 1640. The maximum Gasteiger partial charge on any atom is 0.164 e. The number of pyridine rings is 1. The van der Waals surface area contributed by atoms with Crippen molar-refractivity contribution in [1.82, 2.24) is 24.7 Å². The van der Waals surface area contributed by atoms with Crippen molar-refractivity contribution in [3.05, 3.63) is 54.6 Å². The number of sulfone groups is 1. The third-order valence-electron chi connectivity index (χ3n) is 7.02. The minimum absolute atomic E-state index is 0.129. The molecule has 3 aromatic heterocycles.